The third-order valence-electron chi connectivity index (χ3n) is 12.4. The molecule has 4 N–H and O–H groups in total. The summed E-state index contributed by atoms with van der Waals surface area (Å²) in [5.41, 5.74) is -0.211. The molecule has 1 aromatic carbocycles. The minimum atomic E-state index is -4.32. The highest BCUT2D eigenvalue weighted by atomic mass is 32.2. The summed E-state index contributed by atoms with van der Waals surface area (Å²) < 4.78 is 56.3. The minimum absolute atomic E-state index is 0.0166. The van der Waals surface area contributed by atoms with Gasteiger partial charge in [0, 0.05) is 12.5 Å². The van der Waals surface area contributed by atoms with Gasteiger partial charge >= 0.3 is 6.03 Å². The molecule has 10 heteroatoms. The summed E-state index contributed by atoms with van der Waals surface area (Å²) in [7, 11) is -4.32. The zero-order valence-corrected chi connectivity index (χ0v) is 26.0. The lowest BCUT2D eigenvalue weighted by molar-refractivity contribution is -0.222. The number of halogens is 2. The Morgan fingerprint density at radius 1 is 1.07 bits per heavy atom. The van der Waals surface area contributed by atoms with Crippen molar-refractivity contribution in [3.63, 3.8) is 0 Å². The average molecular weight is 611 g/mol. The van der Waals surface area contributed by atoms with E-state index in [1.54, 1.807) is 0 Å². The third kappa shape index (κ3) is 5.17. The Morgan fingerprint density at radius 2 is 1.74 bits per heavy atom. The van der Waals surface area contributed by atoms with E-state index >= 15 is 4.39 Å². The van der Waals surface area contributed by atoms with Crippen molar-refractivity contribution in [1.29, 1.82) is 0 Å². The normalized spacial score (nSPS) is 42.1. The second kappa shape index (κ2) is 11.6. The zero-order chi connectivity index (χ0) is 30.6. The maximum Gasteiger partial charge on any atom is 0.328 e. The lowest BCUT2D eigenvalue weighted by atomic mass is 9.41. The van der Waals surface area contributed by atoms with Gasteiger partial charge in [0.1, 0.15) is 16.9 Å². The lowest BCUT2D eigenvalue weighted by Crippen LogP contribution is -2.65. The predicted molar refractivity (Wildman–Crippen MR) is 156 cm³/mol. The summed E-state index contributed by atoms with van der Waals surface area (Å²) in [5, 5.41) is 24.9. The van der Waals surface area contributed by atoms with Gasteiger partial charge in [-0.2, -0.15) is 0 Å². The van der Waals surface area contributed by atoms with Crippen LogP contribution in [-0.4, -0.2) is 49.6 Å². The first-order chi connectivity index (χ1) is 19.8. The maximum atomic E-state index is 15.6. The van der Waals surface area contributed by atoms with Crippen LogP contribution in [0.25, 0.3) is 0 Å². The van der Waals surface area contributed by atoms with Crippen LogP contribution in [0.15, 0.2) is 29.2 Å². The molecule has 0 radical (unpaired) electrons. The van der Waals surface area contributed by atoms with E-state index in [1.165, 1.54) is 12.1 Å². The highest BCUT2D eigenvalue weighted by Gasteiger charge is 2.66. The van der Waals surface area contributed by atoms with Crippen LogP contribution in [0.2, 0.25) is 0 Å². The fraction of sp³-hybridized carbons (Fsp3) is 0.781. The van der Waals surface area contributed by atoms with Gasteiger partial charge < -0.3 is 15.5 Å². The number of carbonyl (C=O) groups is 1. The number of urea groups is 1. The number of nitrogens with one attached hydrogen (secondary N) is 2. The number of amides is 2. The van der Waals surface area contributed by atoms with Gasteiger partial charge in [-0.25, -0.2) is 26.7 Å². The van der Waals surface area contributed by atoms with Crippen molar-refractivity contribution in [2.45, 2.75) is 102 Å². The van der Waals surface area contributed by atoms with Gasteiger partial charge in [0.05, 0.1) is 12.2 Å². The molecule has 236 valence electrons. The molecule has 7 nitrogen and oxygen atoms in total. The molecule has 4 fully saturated rings. The number of carbonyl (C=O) groups excluding carboxylic acids is 1. The Hall–Kier alpha value is -1.78. The van der Waals surface area contributed by atoms with Crippen molar-refractivity contribution in [2.24, 2.45) is 52.3 Å². The average Bonchev–Trinajstić information content (AvgIpc) is 3.29. The van der Waals surface area contributed by atoms with Gasteiger partial charge in [0.15, 0.2) is 0 Å². The smallest absolute Gasteiger partial charge is 0.328 e. The van der Waals surface area contributed by atoms with Crippen LogP contribution in [0.4, 0.5) is 13.6 Å². The summed E-state index contributed by atoms with van der Waals surface area (Å²) in [6, 6.07) is 4.03. The molecule has 12 atom stereocenters. The van der Waals surface area contributed by atoms with E-state index in [0.717, 1.165) is 44.2 Å². The Balaban J connectivity index is 1.24. The van der Waals surface area contributed by atoms with Crippen LogP contribution in [-0.2, 0) is 10.0 Å². The van der Waals surface area contributed by atoms with Gasteiger partial charge in [-0.15, -0.1) is 0 Å². The van der Waals surface area contributed by atoms with E-state index in [4.69, 9.17) is 0 Å². The van der Waals surface area contributed by atoms with E-state index in [1.807, 2.05) is 11.6 Å². The molecule has 42 heavy (non-hydrogen) atoms. The number of benzene rings is 1. The van der Waals surface area contributed by atoms with E-state index in [0.29, 0.717) is 31.1 Å². The Labute approximate surface area is 249 Å². The molecule has 0 heterocycles. The molecular formula is C32H48F2N2O5S. The van der Waals surface area contributed by atoms with Crippen molar-refractivity contribution in [2.75, 3.05) is 6.54 Å². The maximum absolute atomic E-state index is 15.6. The molecule has 0 saturated heterocycles. The molecule has 4 saturated carbocycles. The summed E-state index contributed by atoms with van der Waals surface area (Å²) in [4.78, 5) is 11.8. The van der Waals surface area contributed by atoms with E-state index in [2.05, 4.69) is 26.1 Å². The second-order valence-electron chi connectivity index (χ2n) is 14.2. The third-order valence-corrected chi connectivity index (χ3v) is 13.8. The van der Waals surface area contributed by atoms with Crippen LogP contribution in [0.5, 0.6) is 0 Å². The van der Waals surface area contributed by atoms with Crippen LogP contribution in [0, 0.1) is 58.1 Å². The first-order valence-corrected chi connectivity index (χ1v) is 17.3. The van der Waals surface area contributed by atoms with Crippen LogP contribution in [0.3, 0.4) is 0 Å². The summed E-state index contributed by atoms with van der Waals surface area (Å²) in [6.45, 7) is 9.08. The van der Waals surface area contributed by atoms with Gasteiger partial charge in [-0.3, -0.25) is 0 Å². The summed E-state index contributed by atoms with van der Waals surface area (Å²) in [5.74, 6) is -0.0829. The predicted octanol–water partition coefficient (Wildman–Crippen LogP) is 5.41. The van der Waals surface area contributed by atoms with Crippen LogP contribution < -0.4 is 10.0 Å². The fourth-order valence-corrected chi connectivity index (χ4v) is 11.5. The fourth-order valence-electron chi connectivity index (χ4n) is 10.4. The first kappa shape index (κ1) is 31.6. The molecule has 4 aliphatic rings. The number of hydrogen-bond acceptors (Lipinski definition) is 5. The molecule has 1 aromatic rings. The van der Waals surface area contributed by atoms with Gasteiger partial charge in [-0.05, 0) is 103 Å². The number of aliphatic hydroxyl groups is 2. The minimum Gasteiger partial charge on any atom is -0.393 e. The topological polar surface area (TPSA) is 116 Å². The largest absolute Gasteiger partial charge is 0.393 e. The van der Waals surface area contributed by atoms with E-state index < -0.39 is 45.1 Å². The Morgan fingerprint density at radius 3 is 2.43 bits per heavy atom. The lowest BCUT2D eigenvalue weighted by Gasteiger charge is -2.65. The van der Waals surface area contributed by atoms with E-state index in [9.17, 15) is 27.8 Å². The number of rotatable bonds is 7. The number of sulfonamides is 1. The number of fused-ring (bicyclic) bond motifs is 5. The molecule has 5 rings (SSSR count). The highest BCUT2D eigenvalue weighted by Crippen LogP contribution is 2.69. The summed E-state index contributed by atoms with van der Waals surface area (Å²) in [6.07, 6.45) is 3.81. The Bertz CT molecular complexity index is 1270. The first-order valence-electron chi connectivity index (χ1n) is 15.8. The number of hydrogen-bond donors (Lipinski definition) is 4. The molecule has 2 amide bonds. The van der Waals surface area contributed by atoms with Crippen LogP contribution in [0.1, 0.15) is 79.1 Å². The molecule has 0 aliphatic heterocycles. The van der Waals surface area contributed by atoms with Crippen molar-refractivity contribution >= 4 is 16.1 Å². The molecule has 4 unspecified atom stereocenters. The van der Waals surface area contributed by atoms with Gasteiger partial charge in [-0.1, -0.05) is 46.2 Å². The zero-order valence-electron chi connectivity index (χ0n) is 25.2. The van der Waals surface area contributed by atoms with E-state index in [-0.39, 0.29) is 47.0 Å². The highest BCUT2D eigenvalue weighted by molar-refractivity contribution is 7.90. The van der Waals surface area contributed by atoms with Crippen LogP contribution >= 0.6 is 0 Å². The van der Waals surface area contributed by atoms with Crippen molar-refractivity contribution in [3.8, 4) is 0 Å². The number of aliphatic hydroxyl groups excluding tert-OH is 2. The number of alkyl halides is 1. The monoisotopic (exact) mass is 610 g/mol. The molecule has 4 aliphatic carbocycles. The van der Waals surface area contributed by atoms with Gasteiger partial charge in [0.2, 0.25) is 0 Å². The van der Waals surface area contributed by atoms with Crippen molar-refractivity contribution < 1.29 is 32.2 Å². The van der Waals surface area contributed by atoms with Crippen molar-refractivity contribution in [1.82, 2.24) is 10.0 Å². The molecule has 0 spiro atoms. The van der Waals surface area contributed by atoms with Crippen molar-refractivity contribution in [3.05, 3.63) is 30.1 Å². The molecule has 0 aromatic heterocycles. The standard InChI is InChI=1S/C32H48F2N2O5S/c1-5-19-27-28(34)24(37)13-16-32(27,4)22-12-15-31(3)20(10-11-21(31)26(22)29(19)38)18(2)14-17-35-30(39)36-42(40,41)25-9-7-6-8-23(25)33/h6-9,18-22,24,26-29,37-38H,5,10-17H2,1-4H3,(H2,35,36,39)/t18-,19-,20?,21?,22?,24-,26?,27-,28+,29-,31-,32-/m1/s1. The van der Waals surface area contributed by atoms with Gasteiger partial charge in [0.25, 0.3) is 10.0 Å². The molecular weight excluding hydrogens is 562 g/mol. The SMILES string of the molecule is CC[C@@H]1[C@@H]2[C@@H](F)[C@H](O)CC[C@]2(C)C2CC[C@@]3(C)C(CCC3[C@H](C)CCNC(=O)NS(=O)(=O)c3ccccc3F)C2[C@@H]1O. The Kier molecular flexibility index (Phi) is 8.75. The second-order valence-corrected chi connectivity index (χ2v) is 15.9. The molecule has 0 bridgehead atoms. The quantitative estimate of drug-likeness (QED) is 0.329. The summed E-state index contributed by atoms with van der Waals surface area (Å²) >= 11 is 0.